The highest BCUT2D eigenvalue weighted by atomic mass is 79.9. The third-order valence-corrected chi connectivity index (χ3v) is 1.53. The lowest BCUT2D eigenvalue weighted by molar-refractivity contribution is 0.248. The number of carbonyl (C=O) groups excluding carboxylic acids is 1. The molecule has 1 atom stereocenters. The van der Waals surface area contributed by atoms with Gasteiger partial charge in [0.2, 0.25) is 0 Å². The number of alkyl halides is 1. The first-order chi connectivity index (χ1) is 4.16. The van der Waals surface area contributed by atoms with Crippen LogP contribution in [0.4, 0.5) is 4.79 Å². The van der Waals surface area contributed by atoms with Crippen LogP contribution in [0, 0.1) is 0 Å². The summed E-state index contributed by atoms with van der Waals surface area (Å²) in [5.41, 5.74) is 4.84. The van der Waals surface area contributed by atoms with Crippen LogP contribution in [0.2, 0.25) is 0 Å². The Balaban J connectivity index is 3.26. The first-order valence-electron chi connectivity index (χ1n) is 2.87. The summed E-state index contributed by atoms with van der Waals surface area (Å²) in [6, 6.07) is -0.481. The quantitative estimate of drug-likeness (QED) is 0.515. The fourth-order valence-electron chi connectivity index (χ4n) is 0.480. The smallest absolute Gasteiger partial charge is 0.313 e. The highest BCUT2D eigenvalue weighted by Crippen LogP contribution is 2.02. The number of hydrogen-bond donors (Lipinski definition) is 2. The highest BCUT2D eigenvalue weighted by molar-refractivity contribution is 9.09. The van der Waals surface area contributed by atoms with Crippen LogP contribution in [0.25, 0.3) is 0 Å². The molecule has 9 heavy (non-hydrogen) atoms. The molecule has 0 aromatic carbocycles. The van der Waals surface area contributed by atoms with Crippen molar-refractivity contribution in [1.82, 2.24) is 5.32 Å². The molecule has 0 radical (unpaired) electrons. The molecule has 0 aromatic rings. The second-order valence-corrected chi connectivity index (χ2v) is 2.87. The lowest BCUT2D eigenvalue weighted by Gasteiger charge is -2.06. The van der Waals surface area contributed by atoms with Gasteiger partial charge in [-0.05, 0) is 6.42 Å². The molecule has 0 heterocycles. The molecule has 0 bridgehead atoms. The summed E-state index contributed by atoms with van der Waals surface area (Å²) in [6.07, 6.45) is 1.93. The van der Waals surface area contributed by atoms with Crippen molar-refractivity contribution in [3.63, 3.8) is 0 Å². The Morgan fingerprint density at radius 3 is 2.78 bits per heavy atom. The van der Waals surface area contributed by atoms with Gasteiger partial charge in [-0.25, -0.2) is 4.79 Å². The lowest BCUT2D eigenvalue weighted by atomic mass is 10.3. The van der Waals surface area contributed by atoms with Gasteiger partial charge >= 0.3 is 6.03 Å². The van der Waals surface area contributed by atoms with Crippen LogP contribution in [0.3, 0.4) is 0 Å². The zero-order valence-corrected chi connectivity index (χ0v) is 6.94. The van der Waals surface area contributed by atoms with Crippen molar-refractivity contribution >= 4 is 22.0 Å². The number of urea groups is 1. The minimum absolute atomic E-state index is 0.0278. The third-order valence-electron chi connectivity index (χ3n) is 0.841. The molecular formula is C5H11BrN2O. The Morgan fingerprint density at radius 2 is 2.44 bits per heavy atom. The van der Waals surface area contributed by atoms with Crippen LogP contribution in [0.15, 0.2) is 0 Å². The number of primary amides is 1. The maximum Gasteiger partial charge on any atom is 0.313 e. The minimum Gasteiger partial charge on any atom is -0.352 e. The fraction of sp³-hybridized carbons (Fsp3) is 0.800. The second kappa shape index (κ2) is 4.61. The van der Waals surface area contributed by atoms with Gasteiger partial charge in [-0.1, -0.05) is 29.3 Å². The van der Waals surface area contributed by atoms with E-state index in [4.69, 9.17) is 5.73 Å². The predicted octanol–water partition coefficient (Wildman–Crippen LogP) is 1.18. The molecule has 0 aliphatic heterocycles. The first-order valence-corrected chi connectivity index (χ1v) is 3.78. The predicted molar refractivity (Wildman–Crippen MR) is 40.3 cm³/mol. The molecule has 3 N–H and O–H groups in total. The van der Waals surface area contributed by atoms with Crippen LogP contribution >= 0.6 is 15.9 Å². The molecule has 0 aromatic heterocycles. The summed E-state index contributed by atoms with van der Waals surface area (Å²) in [7, 11) is 0. The average molecular weight is 195 g/mol. The van der Waals surface area contributed by atoms with E-state index in [2.05, 4.69) is 21.2 Å². The number of hydrogen-bond acceptors (Lipinski definition) is 1. The molecule has 0 aliphatic carbocycles. The van der Waals surface area contributed by atoms with Gasteiger partial charge in [0.05, 0.1) is 4.95 Å². The maximum atomic E-state index is 10.2. The van der Waals surface area contributed by atoms with Crippen molar-refractivity contribution in [1.29, 1.82) is 0 Å². The van der Waals surface area contributed by atoms with E-state index in [0.717, 1.165) is 12.8 Å². The Hall–Kier alpha value is -0.250. The second-order valence-electron chi connectivity index (χ2n) is 1.76. The molecule has 1 unspecified atom stereocenters. The summed E-state index contributed by atoms with van der Waals surface area (Å²) in [6.45, 7) is 2.04. The molecule has 0 aliphatic rings. The fourth-order valence-corrected chi connectivity index (χ4v) is 1.16. The normalized spacial score (nSPS) is 12.7. The molecule has 0 saturated carbocycles. The monoisotopic (exact) mass is 194 g/mol. The molecule has 3 nitrogen and oxygen atoms in total. The van der Waals surface area contributed by atoms with E-state index in [1.54, 1.807) is 0 Å². The largest absolute Gasteiger partial charge is 0.352 e. The number of nitrogens with one attached hydrogen (secondary N) is 1. The summed E-state index contributed by atoms with van der Waals surface area (Å²) in [4.78, 5) is 10.2. The number of halogens is 1. The summed E-state index contributed by atoms with van der Waals surface area (Å²) < 4.78 is 0. The zero-order valence-electron chi connectivity index (χ0n) is 5.36. The van der Waals surface area contributed by atoms with Gasteiger partial charge in [0.1, 0.15) is 0 Å². The molecule has 0 spiro atoms. The Morgan fingerprint density at radius 1 is 1.89 bits per heavy atom. The van der Waals surface area contributed by atoms with Gasteiger partial charge in [0, 0.05) is 0 Å². The van der Waals surface area contributed by atoms with E-state index < -0.39 is 6.03 Å². The van der Waals surface area contributed by atoms with Crippen molar-refractivity contribution in [3.8, 4) is 0 Å². The Kier molecular flexibility index (Phi) is 4.48. The highest BCUT2D eigenvalue weighted by Gasteiger charge is 2.01. The SMILES string of the molecule is CCCC(Br)NC(N)=O. The average Bonchev–Trinajstić information content (AvgIpc) is 1.63. The molecule has 54 valence electrons. The van der Waals surface area contributed by atoms with Crippen LogP contribution in [0.1, 0.15) is 19.8 Å². The standard InChI is InChI=1S/C5H11BrN2O/c1-2-3-4(6)8-5(7)9/h4H,2-3H2,1H3,(H3,7,8,9). The number of carbonyl (C=O) groups is 1. The van der Waals surface area contributed by atoms with Gasteiger partial charge in [-0.2, -0.15) is 0 Å². The Bertz CT molecular complexity index is 97.0. The van der Waals surface area contributed by atoms with Crippen molar-refractivity contribution in [2.45, 2.75) is 24.7 Å². The van der Waals surface area contributed by atoms with E-state index >= 15 is 0 Å². The molecule has 0 saturated heterocycles. The van der Waals surface area contributed by atoms with Crippen LogP contribution in [0.5, 0.6) is 0 Å². The van der Waals surface area contributed by atoms with Crippen molar-refractivity contribution in [2.75, 3.05) is 0 Å². The van der Waals surface area contributed by atoms with Crippen molar-refractivity contribution < 1.29 is 4.79 Å². The zero-order chi connectivity index (χ0) is 7.28. The molecular weight excluding hydrogens is 184 g/mol. The van der Waals surface area contributed by atoms with Crippen LogP contribution in [-0.2, 0) is 0 Å². The van der Waals surface area contributed by atoms with Crippen LogP contribution in [-0.4, -0.2) is 11.0 Å². The summed E-state index contributed by atoms with van der Waals surface area (Å²) >= 11 is 3.23. The van der Waals surface area contributed by atoms with Gasteiger partial charge in [0.15, 0.2) is 0 Å². The van der Waals surface area contributed by atoms with E-state index in [1.807, 2.05) is 6.92 Å². The van der Waals surface area contributed by atoms with Gasteiger partial charge in [-0.3, -0.25) is 0 Å². The van der Waals surface area contributed by atoms with E-state index in [-0.39, 0.29) is 4.95 Å². The van der Waals surface area contributed by atoms with E-state index in [0.29, 0.717) is 0 Å². The van der Waals surface area contributed by atoms with Crippen LogP contribution < -0.4 is 11.1 Å². The molecule has 0 rings (SSSR count). The van der Waals surface area contributed by atoms with Crippen molar-refractivity contribution in [2.24, 2.45) is 5.73 Å². The maximum absolute atomic E-state index is 10.2. The molecule has 4 heteroatoms. The van der Waals surface area contributed by atoms with Crippen molar-refractivity contribution in [3.05, 3.63) is 0 Å². The van der Waals surface area contributed by atoms with Gasteiger partial charge < -0.3 is 11.1 Å². The topological polar surface area (TPSA) is 55.1 Å². The van der Waals surface area contributed by atoms with Gasteiger partial charge in [0.25, 0.3) is 0 Å². The van der Waals surface area contributed by atoms with E-state index in [9.17, 15) is 4.79 Å². The number of nitrogens with two attached hydrogens (primary N) is 1. The minimum atomic E-state index is -0.481. The Labute approximate surface area is 63.1 Å². The third kappa shape index (κ3) is 5.62. The molecule has 0 fully saturated rings. The number of rotatable bonds is 3. The number of amides is 2. The summed E-state index contributed by atoms with van der Waals surface area (Å²) in [5, 5.41) is 2.50. The molecule has 2 amide bonds. The van der Waals surface area contributed by atoms with E-state index in [1.165, 1.54) is 0 Å². The van der Waals surface area contributed by atoms with Gasteiger partial charge in [-0.15, -0.1) is 0 Å². The lowest BCUT2D eigenvalue weighted by Crippen LogP contribution is -2.34. The first kappa shape index (κ1) is 8.75. The summed E-state index contributed by atoms with van der Waals surface area (Å²) in [5.74, 6) is 0.